The van der Waals surface area contributed by atoms with Crippen molar-refractivity contribution in [2.45, 2.75) is 12.1 Å². The molecule has 2 unspecified atom stereocenters. The van der Waals surface area contributed by atoms with Crippen LogP contribution in [0.3, 0.4) is 0 Å². The summed E-state index contributed by atoms with van der Waals surface area (Å²) in [5, 5.41) is 2.73. The first-order chi connectivity index (χ1) is 5.36. The summed E-state index contributed by atoms with van der Waals surface area (Å²) >= 11 is 0. The van der Waals surface area contributed by atoms with Gasteiger partial charge in [-0.3, -0.25) is 14.8 Å². The third-order valence-electron chi connectivity index (χ3n) is 1.66. The molecule has 0 aromatic carbocycles. The molecule has 0 fully saturated rings. The number of hydrogen-bond donors (Lipinski definition) is 1. The zero-order chi connectivity index (χ0) is 7.68. The van der Waals surface area contributed by atoms with Crippen molar-refractivity contribution in [3.05, 3.63) is 12.3 Å². The molecule has 0 aromatic heterocycles. The summed E-state index contributed by atoms with van der Waals surface area (Å²) in [7, 11) is 0. The number of rotatable bonds is 0. The van der Waals surface area contributed by atoms with Gasteiger partial charge in [0.25, 0.3) is 5.91 Å². The monoisotopic (exact) mass is 149 g/mol. The number of fused-ring (bicyclic) bond motifs is 1. The summed E-state index contributed by atoms with van der Waals surface area (Å²) in [5.41, 5.74) is 0. The SMILES string of the molecule is O=C1C=NC2C=CN=CC2N1. The molecule has 4 heteroatoms. The topological polar surface area (TPSA) is 53.8 Å². The molecule has 0 saturated heterocycles. The van der Waals surface area contributed by atoms with Crippen LogP contribution < -0.4 is 5.32 Å². The first-order valence-corrected chi connectivity index (χ1v) is 3.40. The van der Waals surface area contributed by atoms with Crippen LogP contribution in [-0.4, -0.2) is 30.4 Å². The molecule has 2 atom stereocenters. The molecule has 0 saturated carbocycles. The van der Waals surface area contributed by atoms with E-state index >= 15 is 0 Å². The average molecular weight is 149 g/mol. The second kappa shape index (κ2) is 2.30. The number of amides is 1. The molecule has 2 rings (SSSR count). The lowest BCUT2D eigenvalue weighted by Crippen LogP contribution is -2.47. The van der Waals surface area contributed by atoms with Gasteiger partial charge < -0.3 is 5.32 Å². The molecule has 0 spiro atoms. The molecule has 2 aliphatic rings. The normalized spacial score (nSPS) is 33.3. The molecule has 1 amide bonds. The fraction of sp³-hybridized carbons (Fsp3) is 0.286. The van der Waals surface area contributed by atoms with Crippen LogP contribution in [0.2, 0.25) is 0 Å². The molecule has 0 aliphatic carbocycles. The zero-order valence-electron chi connectivity index (χ0n) is 5.77. The molecule has 0 bridgehead atoms. The van der Waals surface area contributed by atoms with E-state index in [1.807, 2.05) is 6.08 Å². The van der Waals surface area contributed by atoms with Crippen molar-refractivity contribution in [1.82, 2.24) is 5.32 Å². The van der Waals surface area contributed by atoms with E-state index in [9.17, 15) is 4.79 Å². The predicted molar refractivity (Wildman–Crippen MR) is 41.8 cm³/mol. The Balaban J connectivity index is 2.26. The molecule has 2 heterocycles. The Bertz CT molecular complexity index is 267. The number of aliphatic imine (C=N–C) groups is 2. The predicted octanol–water partition coefficient (Wildman–Crippen LogP) is -0.478. The fourth-order valence-corrected chi connectivity index (χ4v) is 1.11. The van der Waals surface area contributed by atoms with Gasteiger partial charge in [-0.2, -0.15) is 0 Å². The lowest BCUT2D eigenvalue weighted by Gasteiger charge is -2.23. The Morgan fingerprint density at radius 3 is 3.36 bits per heavy atom. The molecule has 56 valence electrons. The summed E-state index contributed by atoms with van der Waals surface area (Å²) in [5.74, 6) is -0.145. The molecule has 0 aromatic rings. The second-order valence-electron chi connectivity index (χ2n) is 2.44. The number of carbonyl (C=O) groups excluding carboxylic acids is 1. The van der Waals surface area contributed by atoms with Crippen LogP contribution in [0.1, 0.15) is 0 Å². The van der Waals surface area contributed by atoms with E-state index in [0.717, 1.165) is 0 Å². The van der Waals surface area contributed by atoms with Gasteiger partial charge in [0, 0.05) is 12.4 Å². The second-order valence-corrected chi connectivity index (χ2v) is 2.44. The van der Waals surface area contributed by atoms with E-state index in [4.69, 9.17) is 0 Å². The van der Waals surface area contributed by atoms with Gasteiger partial charge in [-0.05, 0) is 6.08 Å². The maximum atomic E-state index is 10.8. The van der Waals surface area contributed by atoms with Crippen LogP contribution in [0.15, 0.2) is 22.3 Å². The van der Waals surface area contributed by atoms with Crippen LogP contribution in [-0.2, 0) is 4.79 Å². The molecular formula is C7H7N3O. The highest BCUT2D eigenvalue weighted by Crippen LogP contribution is 2.06. The Morgan fingerprint density at radius 1 is 1.55 bits per heavy atom. The Hall–Kier alpha value is -1.45. The van der Waals surface area contributed by atoms with E-state index in [1.54, 1.807) is 12.4 Å². The van der Waals surface area contributed by atoms with E-state index in [-0.39, 0.29) is 18.0 Å². The van der Waals surface area contributed by atoms with Gasteiger partial charge in [0.05, 0.1) is 18.3 Å². The Morgan fingerprint density at radius 2 is 2.45 bits per heavy atom. The van der Waals surface area contributed by atoms with Crippen molar-refractivity contribution < 1.29 is 4.79 Å². The summed E-state index contributed by atoms with van der Waals surface area (Å²) in [6, 6.07) is 0.00250. The standard InChI is InChI=1S/C7H7N3O/c11-7-4-9-5-1-2-8-3-6(5)10-7/h1-6H,(H,10,11). The van der Waals surface area contributed by atoms with Gasteiger partial charge in [-0.15, -0.1) is 0 Å². The zero-order valence-corrected chi connectivity index (χ0v) is 5.77. The van der Waals surface area contributed by atoms with Gasteiger partial charge in [0.15, 0.2) is 0 Å². The summed E-state index contributed by atoms with van der Waals surface area (Å²) < 4.78 is 0. The maximum absolute atomic E-state index is 10.8. The van der Waals surface area contributed by atoms with Crippen molar-refractivity contribution in [2.75, 3.05) is 0 Å². The van der Waals surface area contributed by atoms with Gasteiger partial charge in [-0.1, -0.05) is 0 Å². The smallest absolute Gasteiger partial charge is 0.262 e. The molecule has 0 radical (unpaired) electrons. The third-order valence-corrected chi connectivity index (χ3v) is 1.66. The average Bonchev–Trinajstić information content (AvgIpc) is 2.04. The van der Waals surface area contributed by atoms with Crippen LogP contribution >= 0.6 is 0 Å². The quantitative estimate of drug-likeness (QED) is 0.497. The molecular weight excluding hydrogens is 142 g/mol. The van der Waals surface area contributed by atoms with Crippen molar-refractivity contribution in [1.29, 1.82) is 0 Å². The minimum atomic E-state index is -0.145. The summed E-state index contributed by atoms with van der Waals surface area (Å²) in [4.78, 5) is 18.7. The Labute approximate surface area is 63.7 Å². The molecule has 11 heavy (non-hydrogen) atoms. The van der Waals surface area contributed by atoms with Crippen molar-refractivity contribution in [3.8, 4) is 0 Å². The third kappa shape index (κ3) is 1.07. The minimum absolute atomic E-state index is 0.0440. The van der Waals surface area contributed by atoms with Crippen LogP contribution in [0, 0.1) is 0 Å². The van der Waals surface area contributed by atoms with Gasteiger partial charge in [-0.25, -0.2) is 0 Å². The lowest BCUT2D eigenvalue weighted by atomic mass is 10.1. The van der Waals surface area contributed by atoms with E-state index in [2.05, 4.69) is 15.3 Å². The highest BCUT2D eigenvalue weighted by molar-refractivity contribution is 6.27. The van der Waals surface area contributed by atoms with Gasteiger partial charge >= 0.3 is 0 Å². The molecule has 1 N–H and O–H groups in total. The maximum Gasteiger partial charge on any atom is 0.262 e. The minimum Gasteiger partial charge on any atom is -0.341 e. The first kappa shape index (κ1) is 6.27. The molecule has 4 nitrogen and oxygen atoms in total. The number of nitrogens with one attached hydrogen (secondary N) is 1. The van der Waals surface area contributed by atoms with Crippen molar-refractivity contribution >= 4 is 18.3 Å². The van der Waals surface area contributed by atoms with E-state index in [0.29, 0.717) is 0 Å². The molecule has 2 aliphatic heterocycles. The van der Waals surface area contributed by atoms with Gasteiger partial charge in [0.2, 0.25) is 0 Å². The first-order valence-electron chi connectivity index (χ1n) is 3.40. The van der Waals surface area contributed by atoms with Crippen molar-refractivity contribution in [3.63, 3.8) is 0 Å². The number of hydrogen-bond acceptors (Lipinski definition) is 3. The highest BCUT2D eigenvalue weighted by Gasteiger charge is 2.23. The van der Waals surface area contributed by atoms with E-state index < -0.39 is 0 Å². The van der Waals surface area contributed by atoms with Crippen LogP contribution in [0.25, 0.3) is 0 Å². The lowest BCUT2D eigenvalue weighted by molar-refractivity contribution is -0.115. The summed E-state index contributed by atoms with van der Waals surface area (Å²) in [6.45, 7) is 0. The summed E-state index contributed by atoms with van der Waals surface area (Å²) in [6.07, 6.45) is 6.56. The fourth-order valence-electron chi connectivity index (χ4n) is 1.11. The van der Waals surface area contributed by atoms with Crippen LogP contribution in [0.4, 0.5) is 0 Å². The highest BCUT2D eigenvalue weighted by atomic mass is 16.1. The number of carbonyl (C=O) groups is 1. The van der Waals surface area contributed by atoms with E-state index in [1.165, 1.54) is 6.21 Å². The largest absolute Gasteiger partial charge is 0.341 e. The Kier molecular flexibility index (Phi) is 1.31. The number of nitrogens with zero attached hydrogens (tertiary/aromatic N) is 2. The van der Waals surface area contributed by atoms with Crippen molar-refractivity contribution in [2.24, 2.45) is 9.98 Å². The van der Waals surface area contributed by atoms with Crippen LogP contribution in [0.5, 0.6) is 0 Å². The van der Waals surface area contributed by atoms with Gasteiger partial charge in [0.1, 0.15) is 0 Å².